The van der Waals surface area contributed by atoms with Gasteiger partial charge in [0.05, 0.1) is 29.6 Å². The highest BCUT2D eigenvalue weighted by Gasteiger charge is 2.42. The lowest BCUT2D eigenvalue weighted by Crippen LogP contribution is -2.37. The largest absolute Gasteiger partial charge is 0.381 e. The number of likely N-dealkylation sites (tertiary alicyclic amines) is 2. The van der Waals surface area contributed by atoms with Gasteiger partial charge < -0.3 is 19.9 Å². The Morgan fingerprint density at radius 3 is 2.51 bits per heavy atom. The number of carbonyl (C=O) groups is 2. The molecule has 3 aliphatic heterocycles. The van der Waals surface area contributed by atoms with Crippen molar-refractivity contribution >= 4 is 22.7 Å². The van der Waals surface area contributed by atoms with Gasteiger partial charge in [-0.15, -0.1) is 0 Å². The van der Waals surface area contributed by atoms with Crippen LogP contribution in [-0.2, 0) is 9.53 Å². The van der Waals surface area contributed by atoms with E-state index in [1.165, 1.54) is 0 Å². The van der Waals surface area contributed by atoms with Gasteiger partial charge in [0.15, 0.2) is 0 Å². The molecule has 4 heterocycles. The predicted octanol–water partition coefficient (Wildman–Crippen LogP) is 3.52. The molecule has 37 heavy (non-hydrogen) atoms. The first-order chi connectivity index (χ1) is 18.2. The molecule has 7 nitrogen and oxygen atoms in total. The quantitative estimate of drug-likeness (QED) is 0.540. The van der Waals surface area contributed by atoms with E-state index in [0.717, 1.165) is 62.0 Å². The van der Waals surface area contributed by atoms with Gasteiger partial charge in [-0.25, -0.2) is 0 Å². The highest BCUT2D eigenvalue weighted by atomic mass is 16.5. The molecular weight excluding hydrogens is 464 g/mol. The maximum Gasteiger partial charge on any atom is 0.256 e. The zero-order chi connectivity index (χ0) is 25.2. The van der Waals surface area contributed by atoms with Crippen LogP contribution in [0, 0.1) is 17.8 Å². The summed E-state index contributed by atoms with van der Waals surface area (Å²) in [5.41, 5.74) is 2.63. The Morgan fingerprint density at radius 1 is 0.973 bits per heavy atom. The fourth-order valence-corrected chi connectivity index (χ4v) is 6.24. The monoisotopic (exact) mass is 498 g/mol. The molecule has 7 heteroatoms. The van der Waals surface area contributed by atoms with Crippen molar-refractivity contribution in [1.29, 1.82) is 0 Å². The Balaban J connectivity index is 1.06. The molecule has 0 spiro atoms. The van der Waals surface area contributed by atoms with Crippen LogP contribution in [0.2, 0.25) is 0 Å². The summed E-state index contributed by atoms with van der Waals surface area (Å²) in [6.07, 6.45) is 3.42. The zero-order valence-corrected chi connectivity index (χ0v) is 21.1. The summed E-state index contributed by atoms with van der Waals surface area (Å²) in [6.45, 7) is 5.69. The SMILES string of the molecule is O=C(N[C@@H](CCN1CC2CN(C(=O)c3cccc4cccnc34)CC2C1)c1ccccc1)C1CCOC1. The first-order valence-electron chi connectivity index (χ1n) is 13.4. The molecule has 0 radical (unpaired) electrons. The number of nitrogens with one attached hydrogen (secondary N) is 1. The number of hydrogen-bond acceptors (Lipinski definition) is 5. The lowest BCUT2D eigenvalue weighted by Gasteiger charge is -2.25. The number of pyridine rings is 1. The zero-order valence-electron chi connectivity index (χ0n) is 21.1. The van der Waals surface area contributed by atoms with Crippen molar-refractivity contribution in [2.75, 3.05) is 45.9 Å². The van der Waals surface area contributed by atoms with Crippen LogP contribution in [0.5, 0.6) is 0 Å². The van der Waals surface area contributed by atoms with Crippen LogP contribution in [0.3, 0.4) is 0 Å². The van der Waals surface area contributed by atoms with E-state index in [4.69, 9.17) is 4.74 Å². The molecule has 3 unspecified atom stereocenters. The minimum absolute atomic E-state index is 0.00771. The van der Waals surface area contributed by atoms with Gasteiger partial charge >= 0.3 is 0 Å². The van der Waals surface area contributed by atoms with Gasteiger partial charge in [-0.3, -0.25) is 14.6 Å². The number of amides is 2. The van der Waals surface area contributed by atoms with E-state index in [0.29, 0.717) is 30.6 Å². The van der Waals surface area contributed by atoms with Crippen LogP contribution in [0.15, 0.2) is 66.9 Å². The average molecular weight is 499 g/mol. The summed E-state index contributed by atoms with van der Waals surface area (Å²) in [4.78, 5) is 35.2. The number of rotatable bonds is 7. The first-order valence-corrected chi connectivity index (χ1v) is 13.4. The third-order valence-electron chi connectivity index (χ3n) is 8.27. The van der Waals surface area contributed by atoms with E-state index in [9.17, 15) is 9.59 Å². The lowest BCUT2D eigenvalue weighted by molar-refractivity contribution is -0.125. The van der Waals surface area contributed by atoms with Crippen LogP contribution in [0.4, 0.5) is 0 Å². The van der Waals surface area contributed by atoms with E-state index in [2.05, 4.69) is 27.3 Å². The summed E-state index contributed by atoms with van der Waals surface area (Å²) >= 11 is 0. The molecule has 0 aliphatic carbocycles. The van der Waals surface area contributed by atoms with E-state index < -0.39 is 0 Å². The number of benzene rings is 2. The van der Waals surface area contributed by atoms with Gasteiger partial charge in [0.2, 0.25) is 5.91 Å². The highest BCUT2D eigenvalue weighted by molar-refractivity contribution is 6.05. The summed E-state index contributed by atoms with van der Waals surface area (Å²) in [7, 11) is 0. The Labute approximate surface area is 217 Å². The number of nitrogens with zero attached hydrogens (tertiary/aromatic N) is 3. The van der Waals surface area contributed by atoms with Crippen molar-refractivity contribution in [3.63, 3.8) is 0 Å². The summed E-state index contributed by atoms with van der Waals surface area (Å²) < 4.78 is 5.42. The van der Waals surface area contributed by atoms with Gasteiger partial charge in [-0.1, -0.05) is 48.5 Å². The number of para-hydroxylation sites is 1. The number of ether oxygens (including phenoxy) is 1. The molecule has 2 aromatic carbocycles. The minimum Gasteiger partial charge on any atom is -0.381 e. The molecule has 1 aromatic heterocycles. The van der Waals surface area contributed by atoms with Crippen molar-refractivity contribution in [3.8, 4) is 0 Å². The second kappa shape index (κ2) is 10.6. The molecule has 3 fully saturated rings. The molecule has 3 saturated heterocycles. The molecule has 1 N–H and O–H groups in total. The predicted molar refractivity (Wildman–Crippen MR) is 142 cm³/mol. The van der Waals surface area contributed by atoms with Crippen LogP contribution in [-0.4, -0.2) is 72.5 Å². The molecular formula is C30H34N4O3. The normalized spacial score (nSPS) is 24.3. The van der Waals surface area contributed by atoms with Crippen LogP contribution in [0.1, 0.15) is 34.8 Å². The number of aromatic nitrogens is 1. The third-order valence-corrected chi connectivity index (χ3v) is 8.27. The Hall–Kier alpha value is -3.29. The molecule has 192 valence electrons. The second-order valence-corrected chi connectivity index (χ2v) is 10.7. The fraction of sp³-hybridized carbons (Fsp3) is 0.433. The number of fused-ring (bicyclic) bond motifs is 2. The third kappa shape index (κ3) is 5.11. The van der Waals surface area contributed by atoms with Crippen molar-refractivity contribution in [3.05, 3.63) is 78.0 Å². The number of hydrogen-bond donors (Lipinski definition) is 1. The Kier molecular flexibility index (Phi) is 6.89. The van der Waals surface area contributed by atoms with Crippen LogP contribution >= 0.6 is 0 Å². The summed E-state index contributed by atoms with van der Waals surface area (Å²) in [5, 5.41) is 4.30. The van der Waals surface area contributed by atoms with E-state index >= 15 is 0 Å². The topological polar surface area (TPSA) is 74.8 Å². The smallest absolute Gasteiger partial charge is 0.256 e. The molecule has 3 aromatic rings. The molecule has 6 rings (SSSR count). The van der Waals surface area contributed by atoms with E-state index in [-0.39, 0.29) is 23.8 Å². The van der Waals surface area contributed by atoms with Gasteiger partial charge in [-0.2, -0.15) is 0 Å². The molecule has 4 atom stereocenters. The second-order valence-electron chi connectivity index (χ2n) is 10.7. The fourth-order valence-electron chi connectivity index (χ4n) is 6.24. The molecule has 2 amide bonds. The highest BCUT2D eigenvalue weighted by Crippen LogP contribution is 2.33. The minimum atomic E-state index is -0.0437. The Bertz CT molecular complexity index is 1240. The first kappa shape index (κ1) is 24.1. The van der Waals surface area contributed by atoms with Gasteiger partial charge in [-0.05, 0) is 42.4 Å². The summed E-state index contributed by atoms with van der Waals surface area (Å²) in [5.74, 6) is 1.13. The number of carbonyl (C=O) groups excluding carboxylic acids is 2. The maximum atomic E-state index is 13.4. The molecule has 0 bridgehead atoms. The molecule has 0 saturated carbocycles. The van der Waals surface area contributed by atoms with E-state index in [1.54, 1.807) is 6.20 Å². The average Bonchev–Trinajstić information content (AvgIpc) is 3.68. The standard InChI is InChI=1S/C30H34N4O3/c35-29(23-12-15-37-20-23)32-27(21-6-2-1-3-7-21)11-14-33-16-24-18-34(19-25(24)17-33)30(36)26-10-4-8-22-9-5-13-31-28(22)26/h1-10,13,23-25,27H,11-12,14-20H2,(H,32,35)/t23?,24?,25?,27-/m0/s1. The van der Waals surface area contributed by atoms with Crippen molar-refractivity contribution in [1.82, 2.24) is 20.1 Å². The lowest BCUT2D eigenvalue weighted by atomic mass is 10.0. The van der Waals surface area contributed by atoms with Gasteiger partial charge in [0, 0.05) is 50.9 Å². The van der Waals surface area contributed by atoms with Gasteiger partial charge in [0.25, 0.3) is 5.91 Å². The van der Waals surface area contributed by atoms with Crippen molar-refractivity contribution in [2.45, 2.75) is 18.9 Å². The van der Waals surface area contributed by atoms with Crippen LogP contribution in [0.25, 0.3) is 10.9 Å². The van der Waals surface area contributed by atoms with E-state index in [1.807, 2.05) is 53.4 Å². The van der Waals surface area contributed by atoms with Crippen molar-refractivity contribution < 1.29 is 14.3 Å². The Morgan fingerprint density at radius 2 is 1.76 bits per heavy atom. The van der Waals surface area contributed by atoms with Crippen LogP contribution < -0.4 is 5.32 Å². The maximum absolute atomic E-state index is 13.4. The van der Waals surface area contributed by atoms with Gasteiger partial charge in [0.1, 0.15) is 0 Å². The summed E-state index contributed by atoms with van der Waals surface area (Å²) in [6, 6.07) is 20.0. The van der Waals surface area contributed by atoms with Crippen molar-refractivity contribution in [2.24, 2.45) is 17.8 Å². The molecule has 3 aliphatic rings.